The second-order valence-electron chi connectivity index (χ2n) is 4.93. The van der Waals surface area contributed by atoms with E-state index in [1.165, 1.54) is 11.0 Å². The molecule has 0 unspecified atom stereocenters. The molecule has 0 spiro atoms. The van der Waals surface area contributed by atoms with Crippen molar-refractivity contribution in [3.8, 4) is 0 Å². The second-order valence-corrected chi connectivity index (χ2v) is 5.93. The van der Waals surface area contributed by atoms with Crippen molar-refractivity contribution in [2.24, 2.45) is 0 Å². The fraction of sp³-hybridized carbons (Fsp3) is 0.333. The van der Waals surface area contributed by atoms with Crippen LogP contribution in [0.4, 0.5) is 13.2 Å². The van der Waals surface area contributed by atoms with Crippen molar-refractivity contribution in [1.82, 2.24) is 9.88 Å². The maximum Gasteiger partial charge on any atom is 0.417 e. The smallest absolute Gasteiger partial charge is 0.417 e. The molecule has 4 nitrogen and oxygen atoms in total. The van der Waals surface area contributed by atoms with Crippen LogP contribution in [0.15, 0.2) is 39.9 Å². The third kappa shape index (κ3) is 5.02. The van der Waals surface area contributed by atoms with Crippen LogP contribution < -0.4 is 0 Å². The number of hydrogen-bond donors (Lipinski definition) is 0. The van der Waals surface area contributed by atoms with Crippen LogP contribution in [0.1, 0.15) is 17.1 Å². The number of hydrogen-bond acceptors (Lipinski definition) is 4. The molecule has 0 saturated heterocycles. The molecule has 0 aliphatic carbocycles. The van der Waals surface area contributed by atoms with Crippen molar-refractivity contribution >= 4 is 17.7 Å². The van der Waals surface area contributed by atoms with E-state index in [-0.39, 0.29) is 11.7 Å². The van der Waals surface area contributed by atoms with E-state index in [0.29, 0.717) is 17.3 Å². The number of nitrogens with zero attached hydrogens (tertiary/aromatic N) is 2. The molecule has 0 N–H and O–H groups in total. The summed E-state index contributed by atoms with van der Waals surface area (Å²) in [7, 11) is 1.64. The molecule has 0 aromatic carbocycles. The summed E-state index contributed by atoms with van der Waals surface area (Å²) in [6.45, 7) is 2.16. The molecule has 2 aromatic heterocycles. The minimum Gasteiger partial charge on any atom is -0.464 e. The van der Waals surface area contributed by atoms with Crippen LogP contribution in [-0.2, 0) is 17.5 Å². The maximum absolute atomic E-state index is 12.4. The Morgan fingerprint density at radius 1 is 1.30 bits per heavy atom. The van der Waals surface area contributed by atoms with E-state index in [4.69, 9.17) is 4.42 Å². The zero-order chi connectivity index (χ0) is 17.0. The van der Waals surface area contributed by atoms with Gasteiger partial charge >= 0.3 is 6.18 Å². The van der Waals surface area contributed by atoms with Crippen molar-refractivity contribution in [3.05, 3.63) is 47.5 Å². The number of alkyl halides is 3. The SMILES string of the molecule is Cc1ccc(CN(C)C(=O)CSc2ccc(C(F)(F)F)cn2)o1. The van der Waals surface area contributed by atoms with Crippen LogP contribution >= 0.6 is 11.8 Å². The number of aromatic nitrogens is 1. The number of pyridine rings is 1. The highest BCUT2D eigenvalue weighted by Crippen LogP contribution is 2.29. The predicted molar refractivity (Wildman–Crippen MR) is 79.9 cm³/mol. The van der Waals surface area contributed by atoms with Gasteiger partial charge in [-0.1, -0.05) is 11.8 Å². The number of carbonyl (C=O) groups is 1. The monoisotopic (exact) mass is 344 g/mol. The summed E-state index contributed by atoms with van der Waals surface area (Å²) in [6.07, 6.45) is -3.64. The van der Waals surface area contributed by atoms with Crippen LogP contribution in [0.5, 0.6) is 0 Å². The Morgan fingerprint density at radius 2 is 2.04 bits per heavy atom. The van der Waals surface area contributed by atoms with Gasteiger partial charge in [-0.3, -0.25) is 4.79 Å². The first kappa shape index (κ1) is 17.4. The quantitative estimate of drug-likeness (QED) is 0.775. The summed E-state index contributed by atoms with van der Waals surface area (Å²) in [5.74, 6) is 1.38. The summed E-state index contributed by atoms with van der Waals surface area (Å²) < 4.78 is 42.7. The molecule has 0 fully saturated rings. The Hall–Kier alpha value is -1.96. The number of thioether (sulfide) groups is 1. The van der Waals surface area contributed by atoms with E-state index in [2.05, 4.69) is 4.98 Å². The molecule has 2 rings (SSSR count). The maximum atomic E-state index is 12.4. The Labute approximate surface area is 135 Å². The van der Waals surface area contributed by atoms with Crippen molar-refractivity contribution in [1.29, 1.82) is 0 Å². The number of aryl methyl sites for hydroxylation is 1. The standard InChI is InChI=1S/C15H15F3N2O2S/c1-10-3-5-12(22-10)8-20(2)14(21)9-23-13-6-4-11(7-19-13)15(16,17)18/h3-7H,8-9H2,1-2H3. The fourth-order valence-corrected chi connectivity index (χ4v) is 2.55. The molecule has 124 valence electrons. The van der Waals surface area contributed by atoms with Crippen molar-refractivity contribution in [2.45, 2.75) is 24.7 Å². The van der Waals surface area contributed by atoms with Crippen LogP contribution in [0, 0.1) is 6.92 Å². The minimum atomic E-state index is -4.41. The lowest BCUT2D eigenvalue weighted by Gasteiger charge is -2.15. The molecule has 8 heteroatoms. The molecule has 2 heterocycles. The van der Waals surface area contributed by atoms with Gasteiger partial charge in [0.05, 0.1) is 22.9 Å². The number of rotatable bonds is 5. The molecule has 23 heavy (non-hydrogen) atoms. The van der Waals surface area contributed by atoms with Crippen LogP contribution in [-0.4, -0.2) is 28.6 Å². The van der Waals surface area contributed by atoms with Crippen LogP contribution in [0.2, 0.25) is 0 Å². The molecular weight excluding hydrogens is 329 g/mol. The number of carbonyl (C=O) groups excluding carboxylic acids is 1. The van der Waals surface area contributed by atoms with Crippen LogP contribution in [0.25, 0.3) is 0 Å². The van der Waals surface area contributed by atoms with E-state index < -0.39 is 11.7 Å². The highest BCUT2D eigenvalue weighted by molar-refractivity contribution is 7.99. The largest absolute Gasteiger partial charge is 0.464 e. The van der Waals surface area contributed by atoms with Gasteiger partial charge in [0.15, 0.2) is 0 Å². The number of amides is 1. The first-order valence-electron chi connectivity index (χ1n) is 6.71. The van der Waals surface area contributed by atoms with Gasteiger partial charge in [0.2, 0.25) is 5.91 Å². The van der Waals surface area contributed by atoms with E-state index in [1.54, 1.807) is 13.1 Å². The Morgan fingerprint density at radius 3 is 2.57 bits per heavy atom. The molecule has 0 atom stereocenters. The molecule has 0 bridgehead atoms. The minimum absolute atomic E-state index is 0.0918. The molecular formula is C15H15F3N2O2S. The number of halogens is 3. The zero-order valence-electron chi connectivity index (χ0n) is 12.6. The summed E-state index contributed by atoms with van der Waals surface area (Å²) >= 11 is 1.09. The van der Waals surface area contributed by atoms with Crippen molar-refractivity contribution in [3.63, 3.8) is 0 Å². The topological polar surface area (TPSA) is 46.3 Å². The molecule has 0 aliphatic heterocycles. The Kier molecular flexibility index (Phi) is 5.35. The normalized spacial score (nSPS) is 11.5. The third-order valence-electron chi connectivity index (χ3n) is 3.02. The first-order valence-corrected chi connectivity index (χ1v) is 7.69. The lowest BCUT2D eigenvalue weighted by atomic mass is 10.3. The van der Waals surface area contributed by atoms with E-state index >= 15 is 0 Å². The molecule has 0 saturated carbocycles. The molecule has 2 aromatic rings. The van der Waals surface area contributed by atoms with E-state index in [1.807, 2.05) is 13.0 Å². The number of furan rings is 1. The predicted octanol–water partition coefficient (Wildman–Crippen LogP) is 3.75. The van der Waals surface area contributed by atoms with Gasteiger partial charge in [0.1, 0.15) is 11.5 Å². The average Bonchev–Trinajstić information content (AvgIpc) is 2.89. The molecule has 0 aliphatic rings. The van der Waals surface area contributed by atoms with Crippen LogP contribution in [0.3, 0.4) is 0 Å². The third-order valence-corrected chi connectivity index (χ3v) is 3.95. The summed E-state index contributed by atoms with van der Waals surface area (Å²) in [4.78, 5) is 17.2. The van der Waals surface area contributed by atoms with Gasteiger partial charge in [-0.15, -0.1) is 0 Å². The average molecular weight is 344 g/mol. The van der Waals surface area contributed by atoms with Gasteiger partial charge in [-0.2, -0.15) is 13.2 Å². The van der Waals surface area contributed by atoms with Gasteiger partial charge in [-0.05, 0) is 31.2 Å². The summed E-state index contributed by atoms with van der Waals surface area (Å²) in [6, 6.07) is 5.82. The van der Waals surface area contributed by atoms with E-state index in [9.17, 15) is 18.0 Å². The highest BCUT2D eigenvalue weighted by Gasteiger charge is 2.30. The molecule has 0 radical (unpaired) electrons. The highest BCUT2D eigenvalue weighted by atomic mass is 32.2. The lowest BCUT2D eigenvalue weighted by Crippen LogP contribution is -2.27. The zero-order valence-corrected chi connectivity index (χ0v) is 13.4. The summed E-state index contributed by atoms with van der Waals surface area (Å²) in [5, 5.41) is 0.369. The van der Waals surface area contributed by atoms with Crippen molar-refractivity contribution in [2.75, 3.05) is 12.8 Å². The van der Waals surface area contributed by atoms with Gasteiger partial charge in [0.25, 0.3) is 0 Å². The Bertz CT molecular complexity index is 668. The lowest BCUT2D eigenvalue weighted by molar-refractivity contribution is -0.138. The van der Waals surface area contributed by atoms with Gasteiger partial charge in [-0.25, -0.2) is 4.98 Å². The first-order chi connectivity index (χ1) is 10.8. The van der Waals surface area contributed by atoms with Gasteiger partial charge < -0.3 is 9.32 Å². The van der Waals surface area contributed by atoms with Gasteiger partial charge in [0, 0.05) is 13.2 Å². The molecule has 1 amide bonds. The van der Waals surface area contributed by atoms with Crippen molar-refractivity contribution < 1.29 is 22.4 Å². The van der Waals surface area contributed by atoms with E-state index in [0.717, 1.165) is 29.8 Å². The second kappa shape index (κ2) is 7.08. The Balaban J connectivity index is 1.86. The summed E-state index contributed by atoms with van der Waals surface area (Å²) in [5.41, 5.74) is -0.807. The fourth-order valence-electron chi connectivity index (χ4n) is 1.77.